The Kier molecular flexibility index (Phi) is 4.32. The molecule has 0 atom stereocenters. The van der Waals surface area contributed by atoms with Crippen molar-refractivity contribution in [3.05, 3.63) is 50.2 Å². The number of carbonyl (C=O) groups excluding carboxylic acids is 2. The van der Waals surface area contributed by atoms with Gasteiger partial charge in [0.2, 0.25) is 0 Å². The number of hydrogen-bond donors (Lipinski definition) is 0. The Hall–Kier alpha value is -1.85. The number of rotatable bonds is 1. The number of ether oxygens (including phenoxy) is 1. The first-order chi connectivity index (χ1) is 12.4. The molecule has 0 aliphatic carbocycles. The number of Topliss-reactive ketones (excluding diaryl/α,β-unsaturated/α-hetero) is 1. The number of hydrogen-bond acceptors (Lipinski definition) is 4. The zero-order valence-corrected chi connectivity index (χ0v) is 16.4. The van der Waals surface area contributed by atoms with Crippen molar-refractivity contribution in [1.82, 2.24) is 4.90 Å². The zero-order valence-electron chi connectivity index (χ0n) is 14.8. The van der Waals surface area contributed by atoms with Gasteiger partial charge in [-0.05, 0) is 42.5 Å². The molecular weight excluding hydrogens is 370 g/mol. The minimum absolute atomic E-state index is 0.0656. The summed E-state index contributed by atoms with van der Waals surface area (Å²) in [5, 5.41) is 2.54. The fourth-order valence-corrected chi connectivity index (χ4v) is 4.79. The molecule has 1 spiro atoms. The number of carbonyl (C=O) groups is 2. The molecule has 0 radical (unpaired) electrons. The van der Waals surface area contributed by atoms with Crippen LogP contribution in [0, 0.1) is 13.8 Å². The summed E-state index contributed by atoms with van der Waals surface area (Å²) in [6.45, 7) is 5.00. The highest BCUT2D eigenvalue weighted by Crippen LogP contribution is 2.43. The smallest absolute Gasteiger partial charge is 0.263 e. The van der Waals surface area contributed by atoms with Gasteiger partial charge < -0.3 is 9.64 Å². The lowest BCUT2D eigenvalue weighted by molar-refractivity contribution is -0.00568. The van der Waals surface area contributed by atoms with E-state index in [2.05, 4.69) is 0 Å². The van der Waals surface area contributed by atoms with E-state index in [4.69, 9.17) is 16.3 Å². The monoisotopic (exact) mass is 389 g/mol. The van der Waals surface area contributed by atoms with Gasteiger partial charge in [-0.25, -0.2) is 0 Å². The van der Waals surface area contributed by atoms with Crippen LogP contribution in [-0.4, -0.2) is 35.3 Å². The van der Waals surface area contributed by atoms with Crippen molar-refractivity contribution in [2.45, 2.75) is 38.7 Å². The van der Waals surface area contributed by atoms with E-state index in [0.717, 1.165) is 16.0 Å². The molecule has 0 N–H and O–H groups in total. The first-order valence-corrected chi connectivity index (χ1v) is 10.0. The third kappa shape index (κ3) is 2.83. The Bertz CT molecular complexity index is 883. The molecular formula is C20H20ClNO3S. The van der Waals surface area contributed by atoms with Gasteiger partial charge in [0, 0.05) is 31.0 Å². The Morgan fingerprint density at radius 3 is 2.69 bits per heavy atom. The molecule has 2 aliphatic heterocycles. The molecule has 2 aliphatic rings. The Labute approximate surface area is 161 Å². The van der Waals surface area contributed by atoms with Crippen molar-refractivity contribution < 1.29 is 14.3 Å². The SMILES string of the molecule is Cc1cc2c(c(C)c1Cl)C(=O)CC1(CCN(C(=O)c3cccs3)CC1)O2. The number of fused-ring (bicyclic) bond motifs is 1. The van der Waals surface area contributed by atoms with Crippen LogP contribution in [0.2, 0.25) is 5.02 Å². The van der Waals surface area contributed by atoms with Gasteiger partial charge in [-0.3, -0.25) is 9.59 Å². The van der Waals surface area contributed by atoms with Gasteiger partial charge in [-0.15, -0.1) is 11.3 Å². The van der Waals surface area contributed by atoms with Crippen LogP contribution >= 0.6 is 22.9 Å². The van der Waals surface area contributed by atoms with Crippen LogP contribution in [0.3, 0.4) is 0 Å². The van der Waals surface area contributed by atoms with Gasteiger partial charge in [0.05, 0.1) is 16.9 Å². The largest absolute Gasteiger partial charge is 0.486 e. The molecule has 1 saturated heterocycles. The number of halogens is 1. The van der Waals surface area contributed by atoms with Crippen molar-refractivity contribution in [3.8, 4) is 5.75 Å². The number of benzene rings is 1. The number of likely N-dealkylation sites (tertiary alicyclic amines) is 1. The van der Waals surface area contributed by atoms with Gasteiger partial charge in [-0.1, -0.05) is 17.7 Å². The molecule has 1 aromatic heterocycles. The lowest BCUT2D eigenvalue weighted by atomic mass is 9.81. The highest BCUT2D eigenvalue weighted by Gasteiger charge is 2.44. The molecule has 26 heavy (non-hydrogen) atoms. The molecule has 1 fully saturated rings. The van der Waals surface area contributed by atoms with Gasteiger partial charge in [0.15, 0.2) is 5.78 Å². The van der Waals surface area contributed by atoms with Gasteiger partial charge >= 0.3 is 0 Å². The standard InChI is InChI=1S/C20H20ClNO3S/c1-12-10-15-17(13(2)18(12)21)14(23)11-20(25-15)5-7-22(8-6-20)19(24)16-4-3-9-26-16/h3-4,9-10H,5-8,11H2,1-2H3. The molecule has 4 nitrogen and oxygen atoms in total. The molecule has 3 heterocycles. The van der Waals surface area contributed by atoms with Crippen molar-refractivity contribution in [2.75, 3.05) is 13.1 Å². The first kappa shape index (κ1) is 17.6. The van der Waals surface area contributed by atoms with Crippen molar-refractivity contribution >= 4 is 34.6 Å². The lowest BCUT2D eigenvalue weighted by Crippen LogP contribution is -2.52. The van der Waals surface area contributed by atoms with Crippen LogP contribution in [-0.2, 0) is 0 Å². The molecule has 1 aromatic carbocycles. The van der Waals surface area contributed by atoms with Gasteiger partial charge in [0.25, 0.3) is 5.91 Å². The van der Waals surface area contributed by atoms with E-state index in [1.165, 1.54) is 11.3 Å². The van der Waals surface area contributed by atoms with Crippen LogP contribution in [0.25, 0.3) is 0 Å². The summed E-state index contributed by atoms with van der Waals surface area (Å²) in [6, 6.07) is 5.61. The predicted molar refractivity (Wildman–Crippen MR) is 103 cm³/mol. The maximum atomic E-state index is 12.8. The molecule has 2 aromatic rings. The summed E-state index contributed by atoms with van der Waals surface area (Å²) in [6.07, 6.45) is 1.67. The maximum absolute atomic E-state index is 12.8. The normalized spacial score (nSPS) is 18.6. The summed E-state index contributed by atoms with van der Waals surface area (Å²) in [4.78, 5) is 28.0. The van der Waals surface area contributed by atoms with Crippen molar-refractivity contribution in [1.29, 1.82) is 0 Å². The van der Waals surface area contributed by atoms with E-state index < -0.39 is 5.60 Å². The Balaban J connectivity index is 1.55. The quantitative estimate of drug-likeness (QED) is 0.712. The minimum atomic E-state index is -0.511. The van der Waals surface area contributed by atoms with Crippen LogP contribution in [0.1, 0.15) is 50.4 Å². The Morgan fingerprint density at radius 1 is 1.31 bits per heavy atom. The number of piperidine rings is 1. The average molecular weight is 390 g/mol. The molecule has 136 valence electrons. The van der Waals surface area contributed by atoms with Gasteiger partial charge in [0.1, 0.15) is 11.4 Å². The second-order valence-corrected chi connectivity index (χ2v) is 8.49. The number of aryl methyl sites for hydroxylation is 1. The number of nitrogens with zero attached hydrogens (tertiary/aromatic N) is 1. The predicted octanol–water partition coefficient (Wildman–Crippen LogP) is 4.66. The molecule has 1 amide bonds. The van der Waals surface area contributed by atoms with Crippen molar-refractivity contribution in [2.24, 2.45) is 0 Å². The number of thiophene rings is 1. The Morgan fingerprint density at radius 2 is 2.04 bits per heavy atom. The van der Waals surface area contributed by atoms with E-state index in [0.29, 0.717) is 48.7 Å². The van der Waals surface area contributed by atoms with Crippen LogP contribution in [0.4, 0.5) is 0 Å². The molecule has 4 rings (SSSR count). The third-order valence-electron chi connectivity index (χ3n) is 5.43. The second-order valence-electron chi connectivity index (χ2n) is 7.16. The summed E-state index contributed by atoms with van der Waals surface area (Å²) in [5.74, 6) is 0.790. The highest BCUT2D eigenvalue weighted by atomic mass is 35.5. The van der Waals surface area contributed by atoms with E-state index in [-0.39, 0.29) is 11.7 Å². The summed E-state index contributed by atoms with van der Waals surface area (Å²) >= 11 is 7.77. The average Bonchev–Trinajstić information content (AvgIpc) is 3.14. The van der Waals surface area contributed by atoms with Crippen molar-refractivity contribution in [3.63, 3.8) is 0 Å². The summed E-state index contributed by atoms with van der Waals surface area (Å²) in [5.41, 5.74) is 1.82. The molecule has 0 bridgehead atoms. The fraction of sp³-hybridized carbons (Fsp3) is 0.400. The third-order valence-corrected chi connectivity index (χ3v) is 6.87. The number of ketones is 1. The zero-order chi connectivity index (χ0) is 18.5. The summed E-state index contributed by atoms with van der Waals surface area (Å²) < 4.78 is 6.35. The fourth-order valence-electron chi connectivity index (χ4n) is 3.95. The molecule has 0 saturated carbocycles. The van der Waals surface area contributed by atoms with E-state index in [9.17, 15) is 9.59 Å². The van der Waals surface area contributed by atoms with E-state index in [1.54, 1.807) is 0 Å². The molecule has 6 heteroatoms. The van der Waals surface area contributed by atoms with Crippen LogP contribution in [0.5, 0.6) is 5.75 Å². The second kappa shape index (κ2) is 6.39. The minimum Gasteiger partial charge on any atom is -0.486 e. The topological polar surface area (TPSA) is 46.6 Å². The first-order valence-electron chi connectivity index (χ1n) is 8.75. The number of amides is 1. The highest BCUT2D eigenvalue weighted by molar-refractivity contribution is 7.12. The van der Waals surface area contributed by atoms with Crippen LogP contribution < -0.4 is 4.74 Å². The molecule has 0 unspecified atom stereocenters. The maximum Gasteiger partial charge on any atom is 0.263 e. The lowest BCUT2D eigenvalue weighted by Gasteiger charge is -2.44. The van der Waals surface area contributed by atoms with E-state index >= 15 is 0 Å². The van der Waals surface area contributed by atoms with Crippen LogP contribution in [0.15, 0.2) is 23.6 Å². The summed E-state index contributed by atoms with van der Waals surface area (Å²) in [7, 11) is 0. The van der Waals surface area contributed by atoms with Gasteiger partial charge in [-0.2, -0.15) is 0 Å². The van der Waals surface area contributed by atoms with E-state index in [1.807, 2.05) is 42.3 Å².